The molecule has 1 aromatic rings. The number of aryl methyl sites for hydroxylation is 1. The largest absolute Gasteiger partial charge is 0.435 e. The zero-order valence-electron chi connectivity index (χ0n) is 12.7. The SMILES string of the molecule is CC(CCc1ccc(OC(F)F)cc1)NCC(C)(C)C#N. The third kappa shape index (κ3) is 7.05. The molecule has 0 aliphatic heterocycles. The summed E-state index contributed by atoms with van der Waals surface area (Å²) in [5, 5.41) is 12.3. The Balaban J connectivity index is 2.36. The molecule has 1 N–H and O–H groups in total. The minimum Gasteiger partial charge on any atom is -0.435 e. The molecule has 116 valence electrons. The minimum absolute atomic E-state index is 0.177. The molecule has 0 radical (unpaired) electrons. The van der Waals surface area contributed by atoms with Crippen molar-refractivity contribution < 1.29 is 13.5 Å². The van der Waals surface area contributed by atoms with Gasteiger partial charge in [0, 0.05) is 12.6 Å². The molecule has 5 heteroatoms. The van der Waals surface area contributed by atoms with Gasteiger partial charge in [0.1, 0.15) is 5.75 Å². The fourth-order valence-corrected chi connectivity index (χ4v) is 1.79. The first-order valence-electron chi connectivity index (χ1n) is 7.01. The number of nitrogens with one attached hydrogen (secondary N) is 1. The summed E-state index contributed by atoms with van der Waals surface area (Å²) < 4.78 is 28.4. The molecule has 0 saturated heterocycles. The molecule has 0 saturated carbocycles. The fraction of sp³-hybridized carbons (Fsp3) is 0.562. The third-order valence-corrected chi connectivity index (χ3v) is 3.21. The maximum Gasteiger partial charge on any atom is 0.387 e. The Morgan fingerprint density at radius 1 is 1.29 bits per heavy atom. The predicted octanol–water partition coefficient (Wildman–Crippen LogP) is 3.75. The van der Waals surface area contributed by atoms with Crippen molar-refractivity contribution in [2.75, 3.05) is 6.54 Å². The van der Waals surface area contributed by atoms with E-state index < -0.39 is 6.61 Å². The molecular weight excluding hydrogens is 274 g/mol. The van der Waals surface area contributed by atoms with Crippen molar-refractivity contribution in [3.05, 3.63) is 29.8 Å². The lowest BCUT2D eigenvalue weighted by molar-refractivity contribution is -0.0498. The lowest BCUT2D eigenvalue weighted by atomic mass is 9.95. The van der Waals surface area contributed by atoms with Crippen LogP contribution in [-0.2, 0) is 6.42 Å². The average Bonchev–Trinajstić information content (AvgIpc) is 2.44. The standard InChI is InChI=1S/C16H22F2N2O/c1-12(20-11-16(2,3)10-19)4-5-13-6-8-14(9-7-13)21-15(17)18/h6-9,12,15,20H,4-5,11H2,1-3H3. The van der Waals surface area contributed by atoms with Crippen LogP contribution >= 0.6 is 0 Å². The van der Waals surface area contributed by atoms with E-state index in [4.69, 9.17) is 5.26 Å². The van der Waals surface area contributed by atoms with Gasteiger partial charge in [-0.1, -0.05) is 12.1 Å². The van der Waals surface area contributed by atoms with E-state index in [1.165, 1.54) is 0 Å². The molecule has 21 heavy (non-hydrogen) atoms. The molecule has 1 atom stereocenters. The fourth-order valence-electron chi connectivity index (χ4n) is 1.79. The van der Waals surface area contributed by atoms with E-state index in [0.717, 1.165) is 18.4 Å². The molecule has 0 aliphatic carbocycles. The molecule has 1 rings (SSSR count). The van der Waals surface area contributed by atoms with E-state index >= 15 is 0 Å². The van der Waals surface area contributed by atoms with Gasteiger partial charge in [-0.25, -0.2) is 0 Å². The second-order valence-electron chi connectivity index (χ2n) is 5.84. The molecule has 0 aliphatic rings. The smallest absolute Gasteiger partial charge is 0.387 e. The van der Waals surface area contributed by atoms with E-state index in [0.29, 0.717) is 6.54 Å². The van der Waals surface area contributed by atoms with E-state index in [2.05, 4.69) is 23.0 Å². The lowest BCUT2D eigenvalue weighted by Gasteiger charge is -2.20. The van der Waals surface area contributed by atoms with Crippen LogP contribution in [0, 0.1) is 16.7 Å². The second-order valence-corrected chi connectivity index (χ2v) is 5.84. The molecule has 0 spiro atoms. The summed E-state index contributed by atoms with van der Waals surface area (Å²) in [5.41, 5.74) is 0.701. The van der Waals surface area contributed by atoms with Gasteiger partial charge in [0.2, 0.25) is 0 Å². The third-order valence-electron chi connectivity index (χ3n) is 3.21. The van der Waals surface area contributed by atoms with Crippen LogP contribution in [0.3, 0.4) is 0 Å². The number of hydrogen-bond donors (Lipinski definition) is 1. The van der Waals surface area contributed by atoms with Crippen LogP contribution in [0.1, 0.15) is 32.8 Å². The van der Waals surface area contributed by atoms with E-state index in [-0.39, 0.29) is 17.2 Å². The van der Waals surface area contributed by atoms with E-state index in [1.807, 2.05) is 13.8 Å². The van der Waals surface area contributed by atoms with Crippen LogP contribution in [0.4, 0.5) is 8.78 Å². The highest BCUT2D eigenvalue weighted by Crippen LogP contribution is 2.16. The Morgan fingerprint density at radius 2 is 1.90 bits per heavy atom. The lowest BCUT2D eigenvalue weighted by Crippen LogP contribution is -2.35. The van der Waals surface area contributed by atoms with Gasteiger partial charge in [0.15, 0.2) is 0 Å². The molecule has 0 aromatic heterocycles. The van der Waals surface area contributed by atoms with Gasteiger partial charge in [0.05, 0.1) is 11.5 Å². The zero-order valence-corrected chi connectivity index (χ0v) is 12.7. The van der Waals surface area contributed by atoms with Gasteiger partial charge in [-0.05, 0) is 51.3 Å². The number of benzene rings is 1. The van der Waals surface area contributed by atoms with Gasteiger partial charge in [-0.3, -0.25) is 0 Å². The van der Waals surface area contributed by atoms with Crippen molar-refractivity contribution in [2.24, 2.45) is 5.41 Å². The highest BCUT2D eigenvalue weighted by atomic mass is 19.3. The molecule has 1 unspecified atom stereocenters. The summed E-state index contributed by atoms with van der Waals surface area (Å²) in [5.74, 6) is 0.177. The maximum atomic E-state index is 12.0. The zero-order chi connectivity index (χ0) is 15.9. The van der Waals surface area contributed by atoms with Crippen molar-refractivity contribution in [1.82, 2.24) is 5.32 Å². The van der Waals surface area contributed by atoms with Crippen LogP contribution in [0.2, 0.25) is 0 Å². The predicted molar refractivity (Wildman–Crippen MR) is 78.3 cm³/mol. The molecule has 0 amide bonds. The summed E-state index contributed by atoms with van der Waals surface area (Å²) in [6.07, 6.45) is 1.76. The highest BCUT2D eigenvalue weighted by molar-refractivity contribution is 5.27. The Hall–Kier alpha value is -1.67. The Morgan fingerprint density at radius 3 is 2.43 bits per heavy atom. The van der Waals surface area contributed by atoms with Crippen molar-refractivity contribution in [3.63, 3.8) is 0 Å². The summed E-state index contributed by atoms with van der Waals surface area (Å²) in [6.45, 7) is 3.72. The Bertz CT molecular complexity index is 466. The van der Waals surface area contributed by atoms with Gasteiger partial charge < -0.3 is 10.1 Å². The molecule has 0 fully saturated rings. The molecular formula is C16H22F2N2O. The number of halogens is 2. The summed E-state index contributed by atoms with van der Waals surface area (Å²) in [4.78, 5) is 0. The Labute approximate surface area is 124 Å². The number of ether oxygens (including phenoxy) is 1. The number of alkyl halides is 2. The molecule has 0 heterocycles. The first-order chi connectivity index (χ1) is 9.82. The second kappa shape index (κ2) is 7.94. The van der Waals surface area contributed by atoms with Crippen LogP contribution in [0.15, 0.2) is 24.3 Å². The van der Waals surface area contributed by atoms with E-state index in [9.17, 15) is 8.78 Å². The number of hydrogen-bond acceptors (Lipinski definition) is 3. The van der Waals surface area contributed by atoms with Crippen molar-refractivity contribution in [1.29, 1.82) is 5.26 Å². The Kier molecular flexibility index (Phi) is 6.57. The molecule has 0 bridgehead atoms. The van der Waals surface area contributed by atoms with Gasteiger partial charge in [-0.2, -0.15) is 14.0 Å². The monoisotopic (exact) mass is 296 g/mol. The number of rotatable bonds is 8. The first kappa shape index (κ1) is 17.4. The maximum absolute atomic E-state index is 12.0. The number of nitriles is 1. The highest BCUT2D eigenvalue weighted by Gasteiger charge is 2.17. The summed E-state index contributed by atoms with van der Waals surface area (Å²) in [7, 11) is 0. The van der Waals surface area contributed by atoms with Crippen LogP contribution in [-0.4, -0.2) is 19.2 Å². The van der Waals surface area contributed by atoms with Gasteiger partial charge >= 0.3 is 6.61 Å². The first-order valence-corrected chi connectivity index (χ1v) is 7.01. The molecule has 1 aromatic carbocycles. The van der Waals surface area contributed by atoms with E-state index in [1.54, 1.807) is 24.3 Å². The quantitative estimate of drug-likeness (QED) is 0.794. The van der Waals surface area contributed by atoms with Crippen molar-refractivity contribution in [2.45, 2.75) is 46.3 Å². The van der Waals surface area contributed by atoms with Gasteiger partial charge in [0.25, 0.3) is 0 Å². The van der Waals surface area contributed by atoms with Crippen LogP contribution in [0.5, 0.6) is 5.75 Å². The number of nitrogens with zero attached hydrogens (tertiary/aromatic N) is 1. The summed E-state index contributed by atoms with van der Waals surface area (Å²) in [6, 6.07) is 9.24. The topological polar surface area (TPSA) is 45.0 Å². The van der Waals surface area contributed by atoms with Crippen LogP contribution in [0.25, 0.3) is 0 Å². The van der Waals surface area contributed by atoms with Crippen LogP contribution < -0.4 is 10.1 Å². The van der Waals surface area contributed by atoms with Gasteiger partial charge in [-0.15, -0.1) is 0 Å². The van der Waals surface area contributed by atoms with Crippen molar-refractivity contribution in [3.8, 4) is 11.8 Å². The van der Waals surface area contributed by atoms with Crippen molar-refractivity contribution >= 4 is 0 Å². The average molecular weight is 296 g/mol. The summed E-state index contributed by atoms with van der Waals surface area (Å²) >= 11 is 0. The minimum atomic E-state index is -2.79. The normalized spacial score (nSPS) is 13.0. The molecule has 3 nitrogen and oxygen atoms in total.